The second-order valence-corrected chi connectivity index (χ2v) is 4.73. The van der Waals surface area contributed by atoms with Gasteiger partial charge in [0.25, 0.3) is 0 Å². The molecule has 20 heavy (non-hydrogen) atoms. The van der Waals surface area contributed by atoms with Crippen LogP contribution in [-0.4, -0.2) is 23.3 Å². The van der Waals surface area contributed by atoms with Gasteiger partial charge in [-0.25, -0.2) is 0 Å². The van der Waals surface area contributed by atoms with Crippen LogP contribution >= 0.6 is 0 Å². The number of hydrogen-bond acceptors (Lipinski definition) is 3. The Balaban J connectivity index is 1.79. The van der Waals surface area contributed by atoms with Crippen molar-refractivity contribution in [2.75, 3.05) is 13.2 Å². The topological polar surface area (TPSA) is 42.4 Å². The lowest BCUT2D eigenvalue weighted by Gasteiger charge is -2.07. The maximum absolute atomic E-state index is 8.86. The van der Waals surface area contributed by atoms with Crippen molar-refractivity contribution in [1.29, 1.82) is 0 Å². The van der Waals surface area contributed by atoms with Gasteiger partial charge in [0.2, 0.25) is 0 Å². The summed E-state index contributed by atoms with van der Waals surface area (Å²) in [7, 11) is 0. The normalized spacial score (nSPS) is 10.5. The van der Waals surface area contributed by atoms with Crippen molar-refractivity contribution in [3.05, 3.63) is 59.4 Å². The summed E-state index contributed by atoms with van der Waals surface area (Å²) in [6.45, 7) is 2.93. The van der Waals surface area contributed by atoms with Crippen molar-refractivity contribution in [1.82, 2.24) is 4.98 Å². The average Bonchev–Trinajstić information content (AvgIpc) is 2.50. The Hall–Kier alpha value is -1.87. The second-order valence-electron chi connectivity index (χ2n) is 4.73. The van der Waals surface area contributed by atoms with Crippen molar-refractivity contribution < 1.29 is 9.84 Å². The Labute approximate surface area is 120 Å². The van der Waals surface area contributed by atoms with E-state index in [0.29, 0.717) is 13.0 Å². The molecule has 0 amide bonds. The van der Waals surface area contributed by atoms with E-state index < -0.39 is 0 Å². The lowest BCUT2D eigenvalue weighted by molar-refractivity contribution is 0.299. The fourth-order valence-electron chi connectivity index (χ4n) is 1.97. The van der Waals surface area contributed by atoms with E-state index >= 15 is 0 Å². The van der Waals surface area contributed by atoms with Gasteiger partial charge in [-0.3, -0.25) is 4.98 Å². The molecule has 3 heteroatoms. The maximum Gasteiger partial charge on any atom is 0.119 e. The molecule has 0 bridgehead atoms. The highest BCUT2D eigenvalue weighted by Gasteiger charge is 1.98. The molecule has 0 radical (unpaired) electrons. The van der Waals surface area contributed by atoms with Crippen LogP contribution in [0, 0.1) is 0 Å². The molecule has 0 saturated heterocycles. The van der Waals surface area contributed by atoms with Gasteiger partial charge in [-0.05, 0) is 42.2 Å². The van der Waals surface area contributed by atoms with Crippen molar-refractivity contribution >= 4 is 0 Å². The van der Waals surface area contributed by atoms with Crippen LogP contribution in [0.2, 0.25) is 0 Å². The Morgan fingerprint density at radius 1 is 1.00 bits per heavy atom. The minimum Gasteiger partial charge on any atom is -0.493 e. The summed E-state index contributed by atoms with van der Waals surface area (Å²) >= 11 is 0. The van der Waals surface area contributed by atoms with Gasteiger partial charge in [0.1, 0.15) is 5.75 Å². The molecule has 0 unspecified atom stereocenters. The largest absolute Gasteiger partial charge is 0.493 e. The summed E-state index contributed by atoms with van der Waals surface area (Å²) in [4.78, 5) is 4.41. The maximum atomic E-state index is 8.86. The van der Waals surface area contributed by atoms with E-state index in [1.807, 2.05) is 30.5 Å². The summed E-state index contributed by atoms with van der Waals surface area (Å²) in [5.41, 5.74) is 3.44. The first-order chi connectivity index (χ1) is 9.81. The quantitative estimate of drug-likeness (QED) is 0.842. The van der Waals surface area contributed by atoms with E-state index in [1.54, 1.807) is 0 Å². The standard InChI is InChI=1S/C17H21NO2/c1-2-14-3-6-16(18-13-14)10-12-20-17-7-4-15(5-8-17)9-11-19/h3-8,13,19H,2,9-12H2,1H3. The molecule has 0 aliphatic heterocycles. The number of rotatable bonds is 7. The van der Waals surface area contributed by atoms with Crippen LogP contribution in [0.3, 0.4) is 0 Å². The van der Waals surface area contributed by atoms with Crippen molar-refractivity contribution in [3.8, 4) is 5.75 Å². The fourth-order valence-corrected chi connectivity index (χ4v) is 1.97. The number of pyridine rings is 1. The van der Waals surface area contributed by atoms with Crippen LogP contribution < -0.4 is 4.74 Å². The van der Waals surface area contributed by atoms with Crippen molar-refractivity contribution in [3.63, 3.8) is 0 Å². The van der Waals surface area contributed by atoms with Gasteiger partial charge in [-0.2, -0.15) is 0 Å². The van der Waals surface area contributed by atoms with Gasteiger partial charge < -0.3 is 9.84 Å². The van der Waals surface area contributed by atoms with Gasteiger partial charge in [0, 0.05) is 24.9 Å². The third-order valence-electron chi connectivity index (χ3n) is 3.25. The monoisotopic (exact) mass is 271 g/mol. The minimum absolute atomic E-state index is 0.180. The number of aliphatic hydroxyl groups excluding tert-OH is 1. The summed E-state index contributed by atoms with van der Waals surface area (Å²) in [5.74, 6) is 0.858. The zero-order valence-corrected chi connectivity index (χ0v) is 11.9. The van der Waals surface area contributed by atoms with E-state index in [0.717, 1.165) is 29.8 Å². The third kappa shape index (κ3) is 4.35. The Kier molecular flexibility index (Phi) is 5.56. The Bertz CT molecular complexity index is 506. The Morgan fingerprint density at radius 3 is 2.35 bits per heavy atom. The average molecular weight is 271 g/mol. The first kappa shape index (κ1) is 14.5. The third-order valence-corrected chi connectivity index (χ3v) is 3.25. The first-order valence-electron chi connectivity index (χ1n) is 7.08. The number of aromatic nitrogens is 1. The molecular weight excluding hydrogens is 250 g/mol. The zero-order chi connectivity index (χ0) is 14.2. The van der Waals surface area contributed by atoms with Gasteiger partial charge in [0.15, 0.2) is 0 Å². The predicted octanol–water partition coefficient (Wildman–Crippen LogP) is 2.80. The molecule has 0 saturated carbocycles. The van der Waals surface area contributed by atoms with Gasteiger partial charge >= 0.3 is 0 Å². The number of benzene rings is 1. The van der Waals surface area contributed by atoms with Gasteiger partial charge in [-0.15, -0.1) is 0 Å². The molecule has 106 valence electrons. The van der Waals surface area contributed by atoms with Crippen LogP contribution in [0.5, 0.6) is 5.75 Å². The van der Waals surface area contributed by atoms with Crippen molar-refractivity contribution in [2.24, 2.45) is 0 Å². The Morgan fingerprint density at radius 2 is 1.75 bits per heavy atom. The van der Waals surface area contributed by atoms with E-state index in [1.165, 1.54) is 5.56 Å². The molecule has 2 rings (SSSR count). The highest BCUT2D eigenvalue weighted by molar-refractivity contribution is 5.27. The molecule has 2 aromatic rings. The summed E-state index contributed by atoms with van der Waals surface area (Å²) in [6.07, 6.45) is 4.44. The molecule has 0 aliphatic carbocycles. The van der Waals surface area contributed by atoms with Crippen LogP contribution in [0.4, 0.5) is 0 Å². The van der Waals surface area contributed by atoms with Crippen LogP contribution in [0.25, 0.3) is 0 Å². The van der Waals surface area contributed by atoms with Crippen LogP contribution in [-0.2, 0) is 19.3 Å². The molecule has 3 nitrogen and oxygen atoms in total. The molecule has 1 aromatic carbocycles. The number of nitrogens with zero attached hydrogens (tertiary/aromatic N) is 1. The minimum atomic E-state index is 0.180. The van der Waals surface area contributed by atoms with Crippen LogP contribution in [0.15, 0.2) is 42.6 Å². The summed E-state index contributed by atoms with van der Waals surface area (Å²) in [5, 5.41) is 8.86. The molecule has 0 aliphatic rings. The zero-order valence-electron chi connectivity index (χ0n) is 11.9. The first-order valence-corrected chi connectivity index (χ1v) is 7.08. The molecule has 1 heterocycles. The predicted molar refractivity (Wildman–Crippen MR) is 80.0 cm³/mol. The highest BCUT2D eigenvalue weighted by atomic mass is 16.5. The smallest absolute Gasteiger partial charge is 0.119 e. The molecule has 1 aromatic heterocycles. The van der Waals surface area contributed by atoms with Gasteiger partial charge in [0.05, 0.1) is 6.61 Å². The summed E-state index contributed by atoms with van der Waals surface area (Å²) < 4.78 is 5.70. The number of hydrogen-bond donors (Lipinski definition) is 1. The van der Waals surface area contributed by atoms with E-state index in [2.05, 4.69) is 24.0 Å². The fraction of sp³-hybridized carbons (Fsp3) is 0.353. The highest BCUT2D eigenvalue weighted by Crippen LogP contribution is 2.13. The lowest BCUT2D eigenvalue weighted by Crippen LogP contribution is -2.03. The number of aliphatic hydroxyl groups is 1. The van der Waals surface area contributed by atoms with Crippen LogP contribution in [0.1, 0.15) is 23.7 Å². The van der Waals surface area contributed by atoms with Gasteiger partial charge in [-0.1, -0.05) is 25.1 Å². The van der Waals surface area contributed by atoms with E-state index in [9.17, 15) is 0 Å². The van der Waals surface area contributed by atoms with E-state index in [4.69, 9.17) is 9.84 Å². The SMILES string of the molecule is CCc1ccc(CCOc2ccc(CCO)cc2)nc1. The molecule has 0 fully saturated rings. The molecule has 1 N–H and O–H groups in total. The summed E-state index contributed by atoms with van der Waals surface area (Å²) in [6, 6.07) is 12.0. The molecule has 0 spiro atoms. The lowest BCUT2D eigenvalue weighted by atomic mass is 10.1. The van der Waals surface area contributed by atoms with E-state index in [-0.39, 0.29) is 6.61 Å². The van der Waals surface area contributed by atoms with Crippen molar-refractivity contribution in [2.45, 2.75) is 26.2 Å². The number of ether oxygens (including phenoxy) is 1. The molecular formula is C17H21NO2. The number of aryl methyl sites for hydroxylation is 1. The molecule has 0 atom stereocenters. The second kappa shape index (κ2) is 7.65.